The van der Waals surface area contributed by atoms with Crippen LogP contribution in [0.25, 0.3) is 0 Å². The van der Waals surface area contributed by atoms with Gasteiger partial charge in [-0.2, -0.15) is 5.10 Å². The molecular weight excluding hydrogens is 212 g/mol. The molecule has 0 saturated heterocycles. The van der Waals surface area contributed by atoms with Gasteiger partial charge in [0.1, 0.15) is 6.10 Å². The second-order valence-corrected chi connectivity index (χ2v) is 5.62. The minimum absolute atomic E-state index is 0.0900. The van der Waals surface area contributed by atoms with E-state index in [1.54, 1.807) is 6.20 Å². The number of hydrogen-bond donors (Lipinski definition) is 1. The highest BCUT2D eigenvalue weighted by molar-refractivity contribution is 5.11. The first-order valence-electron chi connectivity index (χ1n) is 6.82. The van der Waals surface area contributed by atoms with E-state index in [2.05, 4.69) is 25.9 Å². The Balaban J connectivity index is 2.29. The van der Waals surface area contributed by atoms with Gasteiger partial charge in [0, 0.05) is 17.7 Å². The molecule has 1 aromatic heterocycles. The second-order valence-electron chi connectivity index (χ2n) is 5.62. The first kappa shape index (κ1) is 12.6. The topological polar surface area (TPSA) is 38.1 Å². The molecule has 96 valence electrons. The second kappa shape index (κ2) is 4.81. The molecule has 1 fully saturated rings. The van der Waals surface area contributed by atoms with E-state index >= 15 is 0 Å². The molecular formula is C14H24N2O. The van der Waals surface area contributed by atoms with Crippen molar-refractivity contribution in [2.75, 3.05) is 0 Å². The average molecular weight is 236 g/mol. The van der Waals surface area contributed by atoms with Gasteiger partial charge >= 0.3 is 0 Å². The number of aliphatic hydroxyl groups excluding tert-OH is 1. The summed E-state index contributed by atoms with van der Waals surface area (Å²) in [7, 11) is 0. The maximum Gasteiger partial charge on any atom is 0.101 e. The Labute approximate surface area is 104 Å². The van der Waals surface area contributed by atoms with Gasteiger partial charge in [-0.05, 0) is 39.2 Å². The van der Waals surface area contributed by atoms with Crippen molar-refractivity contribution >= 4 is 0 Å². The van der Waals surface area contributed by atoms with Gasteiger partial charge in [0.25, 0.3) is 0 Å². The lowest BCUT2D eigenvalue weighted by Gasteiger charge is -2.34. The molecule has 2 rings (SSSR count). The molecule has 0 spiro atoms. The summed E-state index contributed by atoms with van der Waals surface area (Å²) in [5.74, 6) is 0. The normalized spacial score (nSPS) is 21.0. The molecule has 0 amide bonds. The molecule has 1 heterocycles. The van der Waals surface area contributed by atoms with Crippen molar-refractivity contribution in [2.45, 2.75) is 65.0 Å². The van der Waals surface area contributed by atoms with Gasteiger partial charge < -0.3 is 5.11 Å². The third-order valence-electron chi connectivity index (χ3n) is 4.35. The lowest BCUT2D eigenvalue weighted by molar-refractivity contribution is 0.0162. The highest BCUT2D eigenvalue weighted by atomic mass is 16.3. The molecule has 0 radical (unpaired) electrons. The SMILES string of the molecule is CCC1(C(O)c2ccnn2C(C)C)CCCC1. The van der Waals surface area contributed by atoms with E-state index in [9.17, 15) is 5.11 Å². The average Bonchev–Trinajstić information content (AvgIpc) is 2.98. The van der Waals surface area contributed by atoms with Crippen molar-refractivity contribution in [3.8, 4) is 0 Å². The standard InChI is InChI=1S/C14H24N2O/c1-4-14(8-5-6-9-14)13(17)12-7-10-15-16(12)11(2)3/h7,10-11,13,17H,4-6,8-9H2,1-3H3. The molecule has 1 aliphatic rings. The molecule has 17 heavy (non-hydrogen) atoms. The highest BCUT2D eigenvalue weighted by Crippen LogP contribution is 2.50. The van der Waals surface area contributed by atoms with Gasteiger partial charge in [0.2, 0.25) is 0 Å². The summed E-state index contributed by atoms with van der Waals surface area (Å²) in [5, 5.41) is 15.1. The predicted octanol–water partition coefficient (Wildman–Crippen LogP) is 3.47. The lowest BCUT2D eigenvalue weighted by atomic mass is 9.76. The van der Waals surface area contributed by atoms with Crippen LogP contribution in [-0.2, 0) is 0 Å². The summed E-state index contributed by atoms with van der Waals surface area (Å²) in [4.78, 5) is 0. The van der Waals surface area contributed by atoms with Crippen LogP contribution < -0.4 is 0 Å². The molecule has 3 heteroatoms. The van der Waals surface area contributed by atoms with Crippen LogP contribution in [0.2, 0.25) is 0 Å². The molecule has 1 aliphatic carbocycles. The van der Waals surface area contributed by atoms with Gasteiger partial charge in [-0.15, -0.1) is 0 Å². The Bertz CT molecular complexity index is 364. The molecule has 3 nitrogen and oxygen atoms in total. The van der Waals surface area contributed by atoms with Gasteiger partial charge in [-0.25, -0.2) is 0 Å². The van der Waals surface area contributed by atoms with E-state index in [0.717, 1.165) is 25.0 Å². The molecule has 1 atom stereocenters. The summed E-state index contributed by atoms with van der Waals surface area (Å²) in [6.07, 6.45) is 7.29. The molecule has 1 N–H and O–H groups in total. The van der Waals surface area contributed by atoms with Crippen molar-refractivity contribution in [1.29, 1.82) is 0 Å². The summed E-state index contributed by atoms with van der Waals surface area (Å²) in [6.45, 7) is 6.41. The van der Waals surface area contributed by atoms with E-state index in [0.29, 0.717) is 6.04 Å². The van der Waals surface area contributed by atoms with E-state index in [1.807, 2.05) is 10.7 Å². The quantitative estimate of drug-likeness (QED) is 0.869. The maximum absolute atomic E-state index is 10.7. The molecule has 0 aromatic carbocycles. The van der Waals surface area contributed by atoms with Crippen LogP contribution in [0.15, 0.2) is 12.3 Å². The van der Waals surface area contributed by atoms with Crippen LogP contribution in [0.1, 0.15) is 70.7 Å². The van der Waals surface area contributed by atoms with Crippen molar-refractivity contribution in [2.24, 2.45) is 5.41 Å². The fourth-order valence-corrected chi connectivity index (χ4v) is 3.19. The number of aliphatic hydroxyl groups is 1. The van der Waals surface area contributed by atoms with Crippen molar-refractivity contribution < 1.29 is 5.11 Å². The van der Waals surface area contributed by atoms with E-state index in [4.69, 9.17) is 0 Å². The van der Waals surface area contributed by atoms with Crippen LogP contribution in [0, 0.1) is 5.41 Å². The third-order valence-corrected chi connectivity index (χ3v) is 4.35. The number of hydrogen-bond acceptors (Lipinski definition) is 2. The Kier molecular flexibility index (Phi) is 3.57. The smallest absolute Gasteiger partial charge is 0.101 e. The maximum atomic E-state index is 10.7. The zero-order valence-electron chi connectivity index (χ0n) is 11.2. The largest absolute Gasteiger partial charge is 0.386 e. The van der Waals surface area contributed by atoms with Crippen LogP contribution >= 0.6 is 0 Å². The lowest BCUT2D eigenvalue weighted by Crippen LogP contribution is -2.27. The number of aromatic nitrogens is 2. The van der Waals surface area contributed by atoms with Crippen molar-refractivity contribution in [3.05, 3.63) is 18.0 Å². The summed E-state index contributed by atoms with van der Waals surface area (Å²) < 4.78 is 1.96. The van der Waals surface area contributed by atoms with E-state index in [-0.39, 0.29) is 11.5 Å². The monoisotopic (exact) mass is 236 g/mol. The van der Waals surface area contributed by atoms with Crippen LogP contribution in [0.4, 0.5) is 0 Å². The zero-order valence-corrected chi connectivity index (χ0v) is 11.2. The zero-order chi connectivity index (χ0) is 12.5. The van der Waals surface area contributed by atoms with Crippen LogP contribution in [0.3, 0.4) is 0 Å². The van der Waals surface area contributed by atoms with Crippen LogP contribution in [0.5, 0.6) is 0 Å². The first-order chi connectivity index (χ1) is 8.10. The highest BCUT2D eigenvalue weighted by Gasteiger charge is 2.41. The van der Waals surface area contributed by atoms with E-state index in [1.165, 1.54) is 12.8 Å². The number of nitrogens with zero attached hydrogens (tertiary/aromatic N) is 2. The first-order valence-corrected chi connectivity index (χ1v) is 6.82. The summed E-state index contributed by atoms with van der Waals surface area (Å²) >= 11 is 0. The number of rotatable bonds is 4. The minimum atomic E-state index is -0.361. The molecule has 1 saturated carbocycles. The van der Waals surface area contributed by atoms with Crippen LogP contribution in [-0.4, -0.2) is 14.9 Å². The Morgan fingerprint density at radius 1 is 1.41 bits per heavy atom. The van der Waals surface area contributed by atoms with Gasteiger partial charge in [0.15, 0.2) is 0 Å². The fourth-order valence-electron chi connectivity index (χ4n) is 3.19. The van der Waals surface area contributed by atoms with Gasteiger partial charge in [-0.3, -0.25) is 4.68 Å². The summed E-state index contributed by atoms with van der Waals surface area (Å²) in [6, 6.07) is 2.28. The Hall–Kier alpha value is -0.830. The van der Waals surface area contributed by atoms with Crippen molar-refractivity contribution in [1.82, 2.24) is 9.78 Å². The molecule has 0 aliphatic heterocycles. The predicted molar refractivity (Wildman–Crippen MR) is 68.8 cm³/mol. The molecule has 0 bridgehead atoms. The van der Waals surface area contributed by atoms with E-state index < -0.39 is 0 Å². The third kappa shape index (κ3) is 2.13. The molecule has 1 unspecified atom stereocenters. The Morgan fingerprint density at radius 2 is 2.06 bits per heavy atom. The van der Waals surface area contributed by atoms with Gasteiger partial charge in [-0.1, -0.05) is 19.8 Å². The molecule has 1 aromatic rings. The minimum Gasteiger partial charge on any atom is -0.386 e. The summed E-state index contributed by atoms with van der Waals surface area (Å²) in [5.41, 5.74) is 1.08. The Morgan fingerprint density at radius 3 is 2.59 bits per heavy atom. The van der Waals surface area contributed by atoms with Crippen molar-refractivity contribution in [3.63, 3.8) is 0 Å². The van der Waals surface area contributed by atoms with Gasteiger partial charge in [0.05, 0.1) is 5.69 Å². The fraction of sp³-hybridized carbons (Fsp3) is 0.786.